The second-order valence-electron chi connectivity index (χ2n) is 4.63. The number of benzene rings is 1. The van der Waals surface area contributed by atoms with Crippen molar-refractivity contribution in [3.05, 3.63) is 53.8 Å². The quantitative estimate of drug-likeness (QED) is 0.670. The molecule has 0 saturated carbocycles. The van der Waals surface area contributed by atoms with Gasteiger partial charge in [0, 0.05) is 12.2 Å². The van der Waals surface area contributed by atoms with Crippen LogP contribution in [0.25, 0.3) is 0 Å². The van der Waals surface area contributed by atoms with E-state index in [4.69, 9.17) is 4.74 Å². The van der Waals surface area contributed by atoms with Gasteiger partial charge in [-0.3, -0.25) is 4.79 Å². The summed E-state index contributed by atoms with van der Waals surface area (Å²) in [5.74, 6) is 0.212. The lowest BCUT2D eigenvalue weighted by Crippen LogP contribution is -2.28. The van der Waals surface area contributed by atoms with Gasteiger partial charge in [0.15, 0.2) is 11.5 Å². The van der Waals surface area contributed by atoms with Crippen LogP contribution >= 0.6 is 0 Å². The third-order valence-electron chi connectivity index (χ3n) is 3.18. The van der Waals surface area contributed by atoms with E-state index in [9.17, 15) is 14.7 Å². The van der Waals surface area contributed by atoms with Gasteiger partial charge in [-0.1, -0.05) is 12.1 Å². The molecule has 0 unspecified atom stereocenters. The zero-order valence-corrected chi connectivity index (χ0v) is 11.9. The first kappa shape index (κ1) is 14.7. The summed E-state index contributed by atoms with van der Waals surface area (Å²) < 4.78 is 6.59. The molecule has 1 aliphatic carbocycles. The Morgan fingerprint density at radius 1 is 1.24 bits per heavy atom. The number of methoxy groups -OCH3 is 1. The predicted molar refractivity (Wildman–Crippen MR) is 77.2 cm³/mol. The fourth-order valence-corrected chi connectivity index (χ4v) is 1.98. The van der Waals surface area contributed by atoms with Gasteiger partial charge >= 0.3 is 5.91 Å². The number of carbonyl (C=O) groups is 2. The Labute approximate surface area is 122 Å². The molecular formula is C16H16NO4+. The summed E-state index contributed by atoms with van der Waals surface area (Å²) in [5.41, 5.74) is 1.34. The van der Waals surface area contributed by atoms with Gasteiger partial charge < -0.3 is 9.84 Å². The number of ketones is 1. The van der Waals surface area contributed by atoms with Crippen molar-refractivity contribution in [2.75, 3.05) is 14.2 Å². The van der Waals surface area contributed by atoms with Crippen LogP contribution in [0.2, 0.25) is 0 Å². The molecule has 1 amide bonds. The Bertz CT molecular complexity index is 666. The molecule has 0 aromatic heterocycles. The van der Waals surface area contributed by atoms with Crippen LogP contribution in [0, 0.1) is 0 Å². The number of phenolic OH excluding ortho intramolecular Hbond substituents is 1. The Kier molecular flexibility index (Phi) is 4.33. The number of amides is 1. The summed E-state index contributed by atoms with van der Waals surface area (Å²) in [6.45, 7) is 0. The highest BCUT2D eigenvalue weighted by atomic mass is 16.5. The Morgan fingerprint density at radius 3 is 2.52 bits per heavy atom. The van der Waals surface area contributed by atoms with Crippen molar-refractivity contribution in [1.82, 2.24) is 0 Å². The van der Waals surface area contributed by atoms with E-state index in [2.05, 4.69) is 0 Å². The molecule has 1 N–H and O–H groups in total. The number of aromatic hydroxyl groups is 1. The van der Waals surface area contributed by atoms with Gasteiger partial charge in [0.2, 0.25) is 0 Å². The first-order chi connectivity index (χ1) is 10.0. The highest BCUT2D eigenvalue weighted by Crippen LogP contribution is 2.12. The Hall–Kier alpha value is -2.69. The Morgan fingerprint density at radius 2 is 1.90 bits per heavy atom. The van der Waals surface area contributed by atoms with Crippen LogP contribution in [0.1, 0.15) is 5.56 Å². The van der Waals surface area contributed by atoms with E-state index >= 15 is 0 Å². The molecule has 1 aromatic rings. The van der Waals surface area contributed by atoms with Gasteiger partial charge in [-0.05, 0) is 23.8 Å². The van der Waals surface area contributed by atoms with Crippen molar-refractivity contribution >= 4 is 17.4 Å². The predicted octanol–water partition coefficient (Wildman–Crippen LogP) is 1.21. The van der Waals surface area contributed by atoms with Crippen molar-refractivity contribution in [1.29, 1.82) is 0 Å². The molecule has 2 rings (SSSR count). The second kappa shape index (κ2) is 6.17. The first-order valence-electron chi connectivity index (χ1n) is 6.41. The fraction of sp³-hybridized carbons (Fsp3) is 0.188. The van der Waals surface area contributed by atoms with Crippen LogP contribution in [0.15, 0.2) is 48.3 Å². The van der Waals surface area contributed by atoms with Gasteiger partial charge in [0.25, 0.3) is 5.71 Å². The van der Waals surface area contributed by atoms with E-state index in [1.165, 1.54) is 36.0 Å². The number of hydrogen-bond donors (Lipinski definition) is 1. The number of allylic oxidation sites excluding steroid dienone is 3. The standard InChI is InChI=1S/C16H15NO4/c1-17(14-8-7-13(19)10-15(14)21-2)16(20)9-11-3-5-12(18)6-4-11/h3-8,10H,9H2,1-2H3/p+1. The maximum absolute atomic E-state index is 12.3. The van der Waals surface area contributed by atoms with Crippen molar-refractivity contribution in [3.63, 3.8) is 0 Å². The molecule has 21 heavy (non-hydrogen) atoms. The largest absolute Gasteiger partial charge is 0.508 e. The topological polar surface area (TPSA) is 66.6 Å². The van der Waals surface area contributed by atoms with Gasteiger partial charge in [0.05, 0.1) is 13.5 Å². The molecule has 108 valence electrons. The van der Waals surface area contributed by atoms with Crippen LogP contribution in [0.5, 0.6) is 5.75 Å². The van der Waals surface area contributed by atoms with Crippen LogP contribution < -0.4 is 0 Å². The third-order valence-corrected chi connectivity index (χ3v) is 3.18. The van der Waals surface area contributed by atoms with E-state index < -0.39 is 0 Å². The summed E-state index contributed by atoms with van der Waals surface area (Å²) in [6.07, 6.45) is 4.50. The molecule has 0 aliphatic heterocycles. The minimum atomic E-state index is -0.171. The fourth-order valence-electron chi connectivity index (χ4n) is 1.98. The summed E-state index contributed by atoms with van der Waals surface area (Å²) >= 11 is 0. The van der Waals surface area contributed by atoms with E-state index in [0.29, 0.717) is 11.5 Å². The van der Waals surface area contributed by atoms with Gasteiger partial charge in [-0.25, -0.2) is 4.79 Å². The molecule has 0 atom stereocenters. The highest BCUT2D eigenvalue weighted by Gasteiger charge is 2.24. The summed E-state index contributed by atoms with van der Waals surface area (Å²) in [6, 6.07) is 6.46. The molecular weight excluding hydrogens is 270 g/mol. The van der Waals surface area contributed by atoms with E-state index in [1.54, 1.807) is 25.3 Å². The van der Waals surface area contributed by atoms with Crippen LogP contribution in [-0.4, -0.2) is 41.2 Å². The number of carbonyl (C=O) groups excluding carboxylic acids is 2. The average Bonchev–Trinajstić information content (AvgIpc) is 2.48. The SMILES string of the molecule is COC1=CC(=O)C=CC1=[N+](C)C(=O)Cc1ccc(O)cc1. The van der Waals surface area contributed by atoms with E-state index in [1.807, 2.05) is 0 Å². The number of ether oxygens (including phenoxy) is 1. The number of rotatable bonds is 3. The number of hydrogen-bond acceptors (Lipinski definition) is 4. The zero-order valence-electron chi connectivity index (χ0n) is 11.9. The lowest BCUT2D eigenvalue weighted by atomic mass is 10.1. The maximum atomic E-state index is 12.3. The first-order valence-corrected chi connectivity index (χ1v) is 6.41. The lowest BCUT2D eigenvalue weighted by Gasteiger charge is -2.08. The smallest absolute Gasteiger partial charge is 0.391 e. The molecule has 5 nitrogen and oxygen atoms in total. The molecule has 1 aromatic carbocycles. The summed E-state index contributed by atoms with van der Waals surface area (Å²) in [7, 11) is 3.08. The summed E-state index contributed by atoms with van der Waals surface area (Å²) in [4.78, 5) is 23.6. The monoisotopic (exact) mass is 286 g/mol. The number of phenols is 1. The summed E-state index contributed by atoms with van der Waals surface area (Å²) in [5, 5.41) is 9.23. The van der Waals surface area contributed by atoms with Crippen molar-refractivity contribution in [2.24, 2.45) is 0 Å². The second-order valence-corrected chi connectivity index (χ2v) is 4.63. The van der Waals surface area contributed by atoms with Crippen molar-refractivity contribution < 1.29 is 24.0 Å². The van der Waals surface area contributed by atoms with Crippen LogP contribution in [0.3, 0.4) is 0 Å². The highest BCUT2D eigenvalue weighted by molar-refractivity contribution is 6.17. The van der Waals surface area contributed by atoms with Crippen molar-refractivity contribution in [3.8, 4) is 5.75 Å². The molecule has 0 heterocycles. The molecule has 5 heteroatoms. The zero-order chi connectivity index (χ0) is 15.4. The lowest BCUT2D eigenvalue weighted by molar-refractivity contribution is -0.418. The molecule has 0 saturated heterocycles. The van der Waals surface area contributed by atoms with Crippen LogP contribution in [0.4, 0.5) is 0 Å². The van der Waals surface area contributed by atoms with Gasteiger partial charge in [-0.2, -0.15) is 4.58 Å². The number of nitrogens with zero attached hydrogens (tertiary/aromatic N) is 1. The maximum Gasteiger partial charge on any atom is 0.391 e. The van der Waals surface area contributed by atoms with Gasteiger partial charge in [-0.15, -0.1) is 0 Å². The normalized spacial score (nSPS) is 16.5. The molecule has 0 fully saturated rings. The van der Waals surface area contributed by atoms with Gasteiger partial charge in [0.1, 0.15) is 12.8 Å². The molecule has 0 bridgehead atoms. The molecule has 0 radical (unpaired) electrons. The minimum absolute atomic E-state index is 0.141. The van der Waals surface area contributed by atoms with Crippen LogP contribution in [-0.2, 0) is 20.7 Å². The third kappa shape index (κ3) is 3.45. The molecule has 1 aliphatic rings. The average molecular weight is 286 g/mol. The van der Waals surface area contributed by atoms with Crippen molar-refractivity contribution in [2.45, 2.75) is 6.42 Å². The van der Waals surface area contributed by atoms with E-state index in [-0.39, 0.29) is 23.9 Å². The van der Waals surface area contributed by atoms with E-state index in [0.717, 1.165) is 5.56 Å². The number of likely N-dealkylation sites (N-methyl/N-ethyl adjacent to an activating group) is 1. The molecule has 0 spiro atoms. The minimum Gasteiger partial charge on any atom is -0.508 e. The Balaban J connectivity index is 2.23.